The van der Waals surface area contributed by atoms with Gasteiger partial charge in [-0.25, -0.2) is 8.42 Å². The second kappa shape index (κ2) is 10.4. The van der Waals surface area contributed by atoms with Crippen molar-refractivity contribution in [3.63, 3.8) is 0 Å². The fourth-order valence-corrected chi connectivity index (χ4v) is 5.22. The molecule has 2 N–H and O–H groups in total. The Balaban J connectivity index is 1.91. The van der Waals surface area contributed by atoms with E-state index in [0.717, 1.165) is 12.8 Å². The van der Waals surface area contributed by atoms with Gasteiger partial charge in [-0.05, 0) is 62.9 Å². The molecule has 0 spiro atoms. The highest BCUT2D eigenvalue weighted by Crippen LogP contribution is 2.28. The third-order valence-electron chi connectivity index (χ3n) is 5.64. The lowest BCUT2D eigenvalue weighted by molar-refractivity contribution is 0.0944. The number of amides is 2. The molecule has 0 saturated carbocycles. The lowest BCUT2D eigenvalue weighted by Crippen LogP contribution is -2.38. The summed E-state index contributed by atoms with van der Waals surface area (Å²) in [5, 5.41) is 5.54. The zero-order valence-electron chi connectivity index (χ0n) is 19.4. The Morgan fingerprint density at radius 3 is 2.33 bits per heavy atom. The third-order valence-corrected chi connectivity index (χ3v) is 7.53. The van der Waals surface area contributed by atoms with E-state index in [-0.39, 0.29) is 28.2 Å². The van der Waals surface area contributed by atoms with Crippen molar-refractivity contribution in [1.82, 2.24) is 9.62 Å². The summed E-state index contributed by atoms with van der Waals surface area (Å²) in [4.78, 5) is 25.7. The summed E-state index contributed by atoms with van der Waals surface area (Å²) < 4.78 is 33.1. The zero-order chi connectivity index (χ0) is 24.2. The summed E-state index contributed by atoms with van der Waals surface area (Å²) in [6.45, 7) is 6.71. The number of carbonyl (C=O) groups is 2. The Hall–Kier alpha value is -2.91. The SMILES string of the molecule is COc1ccc(S(=O)(=O)N2CCC(C)CC2)cc1C(=O)Nc1ccccc1C(=O)NC(C)C. The van der Waals surface area contributed by atoms with Crippen LogP contribution in [0, 0.1) is 5.92 Å². The van der Waals surface area contributed by atoms with E-state index in [0.29, 0.717) is 30.3 Å². The first-order valence-electron chi connectivity index (χ1n) is 11.0. The van der Waals surface area contributed by atoms with Crippen molar-refractivity contribution in [2.45, 2.75) is 44.6 Å². The summed E-state index contributed by atoms with van der Waals surface area (Å²) in [6, 6.07) is 10.8. The van der Waals surface area contributed by atoms with E-state index in [1.807, 2.05) is 13.8 Å². The number of sulfonamides is 1. The molecule has 2 aromatic carbocycles. The van der Waals surface area contributed by atoms with Gasteiger partial charge in [-0.15, -0.1) is 0 Å². The summed E-state index contributed by atoms with van der Waals surface area (Å²) in [5.74, 6) is -0.158. The molecule has 1 saturated heterocycles. The summed E-state index contributed by atoms with van der Waals surface area (Å²) in [7, 11) is -2.33. The van der Waals surface area contributed by atoms with Crippen molar-refractivity contribution in [3.05, 3.63) is 53.6 Å². The molecule has 1 heterocycles. The highest BCUT2D eigenvalue weighted by atomic mass is 32.2. The smallest absolute Gasteiger partial charge is 0.259 e. The fourth-order valence-electron chi connectivity index (χ4n) is 3.72. The second-order valence-corrected chi connectivity index (χ2v) is 10.5. The molecule has 3 rings (SSSR count). The van der Waals surface area contributed by atoms with E-state index in [1.54, 1.807) is 24.3 Å². The van der Waals surface area contributed by atoms with Crippen molar-refractivity contribution in [3.8, 4) is 5.75 Å². The summed E-state index contributed by atoms with van der Waals surface area (Å²) in [6.07, 6.45) is 1.61. The molecule has 0 aliphatic carbocycles. The number of hydrogen-bond donors (Lipinski definition) is 2. The maximum absolute atomic E-state index is 13.2. The van der Waals surface area contributed by atoms with Crippen LogP contribution in [-0.2, 0) is 10.0 Å². The molecule has 0 atom stereocenters. The van der Waals surface area contributed by atoms with Gasteiger partial charge in [0, 0.05) is 19.1 Å². The molecule has 0 bridgehead atoms. The van der Waals surface area contributed by atoms with Gasteiger partial charge in [-0.2, -0.15) is 4.31 Å². The van der Waals surface area contributed by atoms with Crippen LogP contribution in [0.25, 0.3) is 0 Å². The predicted octanol–water partition coefficient (Wildman–Crippen LogP) is 3.51. The molecule has 0 radical (unpaired) electrons. The van der Waals surface area contributed by atoms with E-state index < -0.39 is 15.9 Å². The average molecular weight is 474 g/mol. The van der Waals surface area contributed by atoms with Crippen LogP contribution in [-0.4, -0.2) is 50.8 Å². The molecule has 0 aromatic heterocycles. The number of nitrogens with zero attached hydrogens (tertiary/aromatic N) is 1. The molecule has 1 fully saturated rings. The number of ether oxygens (including phenoxy) is 1. The minimum Gasteiger partial charge on any atom is -0.496 e. The van der Waals surface area contributed by atoms with E-state index in [9.17, 15) is 18.0 Å². The van der Waals surface area contributed by atoms with Gasteiger partial charge in [-0.1, -0.05) is 19.1 Å². The molecular weight excluding hydrogens is 442 g/mol. The maximum Gasteiger partial charge on any atom is 0.259 e. The first-order chi connectivity index (χ1) is 15.6. The minimum atomic E-state index is -3.74. The molecule has 33 heavy (non-hydrogen) atoms. The van der Waals surface area contributed by atoms with E-state index in [2.05, 4.69) is 17.6 Å². The summed E-state index contributed by atoms with van der Waals surface area (Å²) >= 11 is 0. The van der Waals surface area contributed by atoms with E-state index in [1.165, 1.54) is 29.6 Å². The van der Waals surface area contributed by atoms with Crippen molar-refractivity contribution in [2.75, 3.05) is 25.5 Å². The Morgan fingerprint density at radius 2 is 1.70 bits per heavy atom. The van der Waals surface area contributed by atoms with Gasteiger partial charge >= 0.3 is 0 Å². The van der Waals surface area contributed by atoms with E-state index in [4.69, 9.17) is 4.74 Å². The van der Waals surface area contributed by atoms with Crippen LogP contribution < -0.4 is 15.4 Å². The minimum absolute atomic E-state index is 0.0360. The zero-order valence-corrected chi connectivity index (χ0v) is 20.2. The fraction of sp³-hybridized carbons (Fsp3) is 0.417. The Kier molecular flexibility index (Phi) is 7.76. The van der Waals surface area contributed by atoms with Crippen LogP contribution in [0.5, 0.6) is 5.75 Å². The number of hydrogen-bond acceptors (Lipinski definition) is 5. The largest absolute Gasteiger partial charge is 0.496 e. The van der Waals surface area contributed by atoms with Crippen LogP contribution in [0.15, 0.2) is 47.4 Å². The quantitative estimate of drug-likeness (QED) is 0.640. The highest BCUT2D eigenvalue weighted by Gasteiger charge is 2.29. The number of nitrogens with one attached hydrogen (secondary N) is 2. The normalized spacial score (nSPS) is 15.3. The average Bonchev–Trinajstić information content (AvgIpc) is 2.78. The second-order valence-electron chi connectivity index (χ2n) is 8.58. The van der Waals surface area contributed by atoms with Gasteiger partial charge in [0.2, 0.25) is 10.0 Å². The number of piperidine rings is 1. The van der Waals surface area contributed by atoms with Crippen LogP contribution in [0.4, 0.5) is 5.69 Å². The Bertz CT molecular complexity index is 1120. The van der Waals surface area contributed by atoms with Gasteiger partial charge in [0.1, 0.15) is 5.75 Å². The molecule has 9 heteroatoms. The van der Waals surface area contributed by atoms with Crippen molar-refractivity contribution in [2.24, 2.45) is 5.92 Å². The third kappa shape index (κ3) is 5.72. The first-order valence-corrected chi connectivity index (χ1v) is 12.5. The number of para-hydroxylation sites is 1. The maximum atomic E-state index is 13.2. The van der Waals surface area contributed by atoms with Crippen molar-refractivity contribution < 1.29 is 22.7 Å². The van der Waals surface area contributed by atoms with Gasteiger partial charge in [-0.3, -0.25) is 9.59 Å². The molecular formula is C24H31N3O5S. The molecule has 1 aliphatic rings. The number of rotatable bonds is 7. The number of methoxy groups -OCH3 is 1. The molecule has 8 nitrogen and oxygen atoms in total. The monoisotopic (exact) mass is 473 g/mol. The number of benzene rings is 2. The predicted molar refractivity (Wildman–Crippen MR) is 127 cm³/mol. The Morgan fingerprint density at radius 1 is 1.03 bits per heavy atom. The van der Waals surface area contributed by atoms with Crippen LogP contribution in [0.2, 0.25) is 0 Å². The standard InChI is InChI=1S/C24H31N3O5S/c1-16(2)25-23(28)19-7-5-6-8-21(19)26-24(29)20-15-18(9-10-22(20)32-4)33(30,31)27-13-11-17(3)12-14-27/h5-10,15-17H,11-14H2,1-4H3,(H,25,28)(H,26,29). The summed E-state index contributed by atoms with van der Waals surface area (Å²) in [5.41, 5.74) is 0.703. The number of anilines is 1. The molecule has 178 valence electrons. The lowest BCUT2D eigenvalue weighted by atomic mass is 10.0. The van der Waals surface area contributed by atoms with E-state index >= 15 is 0 Å². The first kappa shape index (κ1) is 24.7. The van der Waals surface area contributed by atoms with Crippen molar-refractivity contribution >= 4 is 27.5 Å². The van der Waals surface area contributed by atoms with Crippen molar-refractivity contribution in [1.29, 1.82) is 0 Å². The van der Waals surface area contributed by atoms with Crippen LogP contribution >= 0.6 is 0 Å². The van der Waals surface area contributed by atoms with Gasteiger partial charge in [0.05, 0.1) is 28.8 Å². The van der Waals surface area contributed by atoms with Crippen LogP contribution in [0.1, 0.15) is 54.3 Å². The highest BCUT2D eigenvalue weighted by molar-refractivity contribution is 7.89. The Labute approximate surface area is 195 Å². The molecule has 0 unspecified atom stereocenters. The van der Waals surface area contributed by atoms with Gasteiger partial charge in [0.15, 0.2) is 0 Å². The molecule has 2 amide bonds. The lowest BCUT2D eigenvalue weighted by Gasteiger charge is -2.29. The van der Waals surface area contributed by atoms with Gasteiger partial charge in [0.25, 0.3) is 11.8 Å². The van der Waals surface area contributed by atoms with Gasteiger partial charge < -0.3 is 15.4 Å². The number of carbonyl (C=O) groups excluding carboxylic acids is 2. The molecule has 2 aromatic rings. The molecule has 1 aliphatic heterocycles. The van der Waals surface area contributed by atoms with Crippen LogP contribution in [0.3, 0.4) is 0 Å². The topological polar surface area (TPSA) is 105 Å².